The highest BCUT2D eigenvalue weighted by Gasteiger charge is 2.29. The van der Waals surface area contributed by atoms with E-state index in [2.05, 4.69) is 9.71 Å². The standard InChI is InChI=1S/C15H17N3O3S2/c1-2-13-14(22-10-16-13)15(19)17-23(20,21)18-8-7-11-5-3-4-6-12(11)9-18/h3-6,10H,2,7-9H2,1H3,(H,17,19). The van der Waals surface area contributed by atoms with Gasteiger partial charge in [0.05, 0.1) is 11.2 Å². The summed E-state index contributed by atoms with van der Waals surface area (Å²) in [5.74, 6) is -0.608. The fourth-order valence-electron chi connectivity index (χ4n) is 2.61. The van der Waals surface area contributed by atoms with E-state index in [1.54, 1.807) is 5.51 Å². The predicted molar refractivity (Wildman–Crippen MR) is 88.4 cm³/mol. The largest absolute Gasteiger partial charge is 0.304 e. The number of nitrogens with one attached hydrogen (secondary N) is 1. The van der Waals surface area contributed by atoms with Crippen LogP contribution in [0.1, 0.15) is 33.4 Å². The molecule has 0 saturated heterocycles. The van der Waals surface area contributed by atoms with Gasteiger partial charge in [0.15, 0.2) is 0 Å². The number of fused-ring (bicyclic) bond motifs is 1. The number of carbonyl (C=O) groups excluding carboxylic acids is 1. The maximum Gasteiger partial charge on any atom is 0.304 e. The van der Waals surface area contributed by atoms with Crippen LogP contribution in [0, 0.1) is 0 Å². The van der Waals surface area contributed by atoms with Gasteiger partial charge in [0.2, 0.25) is 0 Å². The molecule has 0 aliphatic carbocycles. The van der Waals surface area contributed by atoms with Crippen LogP contribution in [-0.4, -0.2) is 30.2 Å². The van der Waals surface area contributed by atoms with Crippen LogP contribution in [0.25, 0.3) is 0 Å². The number of aryl methyl sites for hydroxylation is 1. The third-order valence-electron chi connectivity index (χ3n) is 3.84. The van der Waals surface area contributed by atoms with Crippen LogP contribution >= 0.6 is 11.3 Å². The van der Waals surface area contributed by atoms with Crippen molar-refractivity contribution in [1.82, 2.24) is 14.0 Å². The third kappa shape index (κ3) is 3.29. The van der Waals surface area contributed by atoms with Gasteiger partial charge in [-0.2, -0.15) is 12.7 Å². The first-order valence-corrected chi connectivity index (χ1v) is 9.64. The molecule has 0 radical (unpaired) electrons. The SMILES string of the molecule is CCc1ncsc1C(=O)NS(=O)(=O)N1CCc2ccccc2C1. The van der Waals surface area contributed by atoms with Crippen LogP contribution in [0.15, 0.2) is 29.8 Å². The van der Waals surface area contributed by atoms with Gasteiger partial charge < -0.3 is 0 Å². The lowest BCUT2D eigenvalue weighted by Crippen LogP contribution is -2.45. The molecule has 1 N–H and O–H groups in total. The van der Waals surface area contributed by atoms with Crippen molar-refractivity contribution in [3.63, 3.8) is 0 Å². The molecule has 23 heavy (non-hydrogen) atoms. The second-order valence-corrected chi connectivity index (χ2v) is 7.80. The molecule has 1 amide bonds. The molecule has 1 aliphatic rings. The van der Waals surface area contributed by atoms with Crippen LogP contribution in [0.5, 0.6) is 0 Å². The number of benzene rings is 1. The van der Waals surface area contributed by atoms with Gasteiger partial charge in [-0.1, -0.05) is 31.2 Å². The van der Waals surface area contributed by atoms with Crippen LogP contribution in [0.4, 0.5) is 0 Å². The molecule has 0 saturated carbocycles. The van der Waals surface area contributed by atoms with Crippen molar-refractivity contribution >= 4 is 27.5 Å². The summed E-state index contributed by atoms with van der Waals surface area (Å²) in [4.78, 5) is 16.7. The Kier molecular flexibility index (Phi) is 4.47. The number of thiazole rings is 1. The molecule has 122 valence electrons. The van der Waals surface area contributed by atoms with E-state index in [0.29, 0.717) is 30.0 Å². The molecule has 1 aromatic heterocycles. The molecule has 0 spiro atoms. The van der Waals surface area contributed by atoms with Gasteiger partial charge in [-0.15, -0.1) is 11.3 Å². The van der Waals surface area contributed by atoms with Gasteiger partial charge in [-0.05, 0) is 24.0 Å². The molecule has 8 heteroatoms. The zero-order chi connectivity index (χ0) is 16.4. The lowest BCUT2D eigenvalue weighted by Gasteiger charge is -2.27. The molecule has 2 aromatic rings. The highest BCUT2D eigenvalue weighted by atomic mass is 32.2. The minimum atomic E-state index is -3.86. The predicted octanol–water partition coefficient (Wildman–Crippen LogP) is 1.74. The minimum Gasteiger partial charge on any atom is -0.267 e. The summed E-state index contributed by atoms with van der Waals surface area (Å²) >= 11 is 1.15. The Morgan fingerprint density at radius 3 is 2.83 bits per heavy atom. The smallest absolute Gasteiger partial charge is 0.267 e. The first-order chi connectivity index (χ1) is 11.0. The highest BCUT2D eigenvalue weighted by Crippen LogP contribution is 2.21. The summed E-state index contributed by atoms with van der Waals surface area (Å²) in [6.45, 7) is 2.52. The normalized spacial score (nSPS) is 15.2. The third-order valence-corrected chi connectivity index (χ3v) is 6.14. The zero-order valence-electron chi connectivity index (χ0n) is 12.7. The van der Waals surface area contributed by atoms with E-state index in [1.165, 1.54) is 4.31 Å². The van der Waals surface area contributed by atoms with Gasteiger partial charge in [0.1, 0.15) is 4.88 Å². The van der Waals surface area contributed by atoms with Gasteiger partial charge in [-0.3, -0.25) is 4.79 Å². The van der Waals surface area contributed by atoms with E-state index in [1.807, 2.05) is 31.2 Å². The van der Waals surface area contributed by atoms with E-state index < -0.39 is 16.1 Å². The summed E-state index contributed by atoms with van der Waals surface area (Å²) in [6.07, 6.45) is 1.23. The molecule has 3 rings (SSSR count). The average molecular weight is 351 g/mol. The molecule has 0 unspecified atom stereocenters. The number of rotatable bonds is 4. The number of nitrogens with zero attached hydrogens (tertiary/aromatic N) is 2. The topological polar surface area (TPSA) is 79.4 Å². The Labute approximate surface area is 139 Å². The van der Waals surface area contributed by atoms with E-state index in [-0.39, 0.29) is 6.54 Å². The number of carbonyl (C=O) groups is 1. The van der Waals surface area contributed by atoms with E-state index >= 15 is 0 Å². The van der Waals surface area contributed by atoms with Crippen molar-refractivity contribution in [1.29, 1.82) is 0 Å². The number of aromatic nitrogens is 1. The van der Waals surface area contributed by atoms with Crippen molar-refractivity contribution in [2.45, 2.75) is 26.3 Å². The van der Waals surface area contributed by atoms with Crippen molar-refractivity contribution in [2.24, 2.45) is 0 Å². The van der Waals surface area contributed by atoms with Crippen molar-refractivity contribution in [2.75, 3.05) is 6.54 Å². The number of amides is 1. The first kappa shape index (κ1) is 16.1. The second-order valence-electron chi connectivity index (χ2n) is 5.27. The fourth-order valence-corrected chi connectivity index (χ4v) is 4.56. The Morgan fingerprint density at radius 1 is 1.35 bits per heavy atom. The summed E-state index contributed by atoms with van der Waals surface area (Å²) < 4.78 is 28.4. The molecule has 0 atom stereocenters. The van der Waals surface area contributed by atoms with Crippen LogP contribution in [0.2, 0.25) is 0 Å². The van der Waals surface area contributed by atoms with Crippen molar-refractivity contribution < 1.29 is 13.2 Å². The lowest BCUT2D eigenvalue weighted by atomic mass is 10.0. The van der Waals surface area contributed by atoms with Crippen LogP contribution in [-0.2, 0) is 29.6 Å². The van der Waals surface area contributed by atoms with Gasteiger partial charge >= 0.3 is 10.2 Å². The Balaban J connectivity index is 1.76. The molecule has 2 heterocycles. The Hall–Kier alpha value is -1.77. The molecule has 1 aliphatic heterocycles. The number of hydrogen-bond donors (Lipinski definition) is 1. The van der Waals surface area contributed by atoms with Gasteiger partial charge in [0.25, 0.3) is 5.91 Å². The molecule has 0 fully saturated rings. The highest BCUT2D eigenvalue weighted by molar-refractivity contribution is 7.87. The molecule has 1 aromatic carbocycles. The maximum absolute atomic E-state index is 12.5. The van der Waals surface area contributed by atoms with Crippen molar-refractivity contribution in [3.05, 3.63) is 51.5 Å². The van der Waals surface area contributed by atoms with Gasteiger partial charge in [-0.25, -0.2) is 9.71 Å². The second kappa shape index (κ2) is 6.38. The summed E-state index contributed by atoms with van der Waals surface area (Å²) in [7, 11) is -3.86. The molecular formula is C15H17N3O3S2. The zero-order valence-corrected chi connectivity index (χ0v) is 14.3. The average Bonchev–Trinajstić information content (AvgIpc) is 3.02. The summed E-state index contributed by atoms with van der Waals surface area (Å²) in [5, 5.41) is 0. The van der Waals surface area contributed by atoms with Crippen molar-refractivity contribution in [3.8, 4) is 0 Å². The van der Waals surface area contributed by atoms with Crippen LogP contribution < -0.4 is 4.72 Å². The Bertz CT molecular complexity index is 830. The minimum absolute atomic E-state index is 0.280. The molecule has 0 bridgehead atoms. The maximum atomic E-state index is 12.5. The monoisotopic (exact) mass is 351 g/mol. The number of hydrogen-bond acceptors (Lipinski definition) is 5. The first-order valence-electron chi connectivity index (χ1n) is 7.32. The van der Waals surface area contributed by atoms with E-state index in [4.69, 9.17) is 0 Å². The van der Waals surface area contributed by atoms with Crippen LogP contribution in [0.3, 0.4) is 0 Å². The molecule has 6 nitrogen and oxygen atoms in total. The molecular weight excluding hydrogens is 334 g/mol. The Morgan fingerprint density at radius 2 is 2.09 bits per heavy atom. The summed E-state index contributed by atoms with van der Waals surface area (Å²) in [5.41, 5.74) is 4.30. The fraction of sp³-hybridized carbons (Fsp3) is 0.333. The summed E-state index contributed by atoms with van der Waals surface area (Å²) in [6, 6.07) is 7.75. The quantitative estimate of drug-likeness (QED) is 0.910. The van der Waals surface area contributed by atoms with Gasteiger partial charge in [0, 0.05) is 13.1 Å². The lowest BCUT2D eigenvalue weighted by molar-refractivity contribution is 0.0981. The van der Waals surface area contributed by atoms with E-state index in [9.17, 15) is 13.2 Å². The van der Waals surface area contributed by atoms with E-state index in [0.717, 1.165) is 22.5 Å².